The largest absolute Gasteiger partial charge is 0.392 e. The van der Waals surface area contributed by atoms with Crippen molar-refractivity contribution in [3.63, 3.8) is 0 Å². The van der Waals surface area contributed by atoms with Crippen LogP contribution in [0.5, 0.6) is 0 Å². The Hall–Kier alpha value is -3.30. The molecule has 2 fully saturated rings. The maximum Gasteiger partial charge on any atom is 0.256 e. The van der Waals surface area contributed by atoms with Gasteiger partial charge in [-0.05, 0) is 101 Å². The topological polar surface area (TPSA) is 81.9 Å². The molecule has 2 aliphatic heterocycles. The van der Waals surface area contributed by atoms with E-state index in [1.807, 2.05) is 35.7 Å². The summed E-state index contributed by atoms with van der Waals surface area (Å²) in [4.78, 5) is 36.1. The summed E-state index contributed by atoms with van der Waals surface area (Å²) in [6.07, 6.45) is 9.31. The molecular formula is C34H46FN5O3. The monoisotopic (exact) mass is 591 g/mol. The van der Waals surface area contributed by atoms with Gasteiger partial charge >= 0.3 is 0 Å². The number of rotatable bonds is 9. The summed E-state index contributed by atoms with van der Waals surface area (Å²) in [7, 11) is 0. The van der Waals surface area contributed by atoms with Gasteiger partial charge in [0.05, 0.1) is 29.1 Å². The van der Waals surface area contributed by atoms with Crippen molar-refractivity contribution in [3.05, 3.63) is 59.3 Å². The van der Waals surface area contributed by atoms with E-state index in [4.69, 9.17) is 0 Å². The van der Waals surface area contributed by atoms with Crippen molar-refractivity contribution >= 4 is 22.7 Å². The number of carbonyl (C=O) groups excluding carboxylic acids is 2. The molecule has 2 atom stereocenters. The first-order chi connectivity index (χ1) is 20.5. The lowest BCUT2D eigenvalue weighted by Crippen LogP contribution is -2.41. The number of carbonyl (C=O) groups is 2. The van der Waals surface area contributed by atoms with Gasteiger partial charge in [0.2, 0.25) is 5.91 Å². The minimum Gasteiger partial charge on any atom is -0.392 e. The number of likely N-dealkylation sites (tertiary alicyclic amines) is 2. The first kappa shape index (κ1) is 31.1. The molecule has 0 unspecified atom stereocenters. The average Bonchev–Trinajstić information content (AvgIpc) is 3.56. The molecule has 2 saturated heterocycles. The number of aliphatic hydroxyl groups excluding tert-OH is 1. The fraction of sp³-hybridized carbons (Fsp3) is 0.559. The predicted octanol–water partition coefficient (Wildman–Crippen LogP) is 4.83. The highest BCUT2D eigenvalue weighted by Gasteiger charge is 2.29. The number of hydrogen-bond acceptors (Lipinski definition) is 5. The fourth-order valence-corrected chi connectivity index (χ4v) is 7.00. The van der Waals surface area contributed by atoms with Crippen LogP contribution in [0.25, 0.3) is 16.6 Å². The molecule has 3 aromatic rings. The molecule has 0 radical (unpaired) electrons. The number of pyridine rings is 1. The van der Waals surface area contributed by atoms with Crippen LogP contribution in [0, 0.1) is 24.6 Å². The highest BCUT2D eigenvalue weighted by molar-refractivity contribution is 5.99. The van der Waals surface area contributed by atoms with Crippen molar-refractivity contribution in [1.82, 2.24) is 24.3 Å². The Labute approximate surface area is 254 Å². The van der Waals surface area contributed by atoms with Crippen LogP contribution in [0.2, 0.25) is 0 Å². The Kier molecular flexibility index (Phi) is 9.51. The van der Waals surface area contributed by atoms with E-state index in [0.717, 1.165) is 74.9 Å². The molecule has 1 N–H and O–H groups in total. The average molecular weight is 592 g/mol. The Morgan fingerprint density at radius 3 is 2.49 bits per heavy atom. The molecule has 232 valence electrons. The zero-order valence-electron chi connectivity index (χ0n) is 26.2. The quantitative estimate of drug-likeness (QED) is 0.386. The van der Waals surface area contributed by atoms with Crippen LogP contribution < -0.4 is 0 Å². The standard InChI is InChI=1S/C34H46FN5O3/c1-22(2)39(18-24(4)41)34(43)30-15-29(35)6-7-31(30)40-21-28(33-23(3)16-36-17-32(33)40)14-27-8-11-37(20-27)19-26-9-12-38(13-10-26)25(5)42/h6-7,15-17,21-22,24,26-27,41H,8-14,18-20H2,1-5H3/t24-,27-/m0/s1. The van der Waals surface area contributed by atoms with Crippen LogP contribution in [-0.4, -0.2) is 92.6 Å². The Balaban J connectivity index is 1.39. The smallest absolute Gasteiger partial charge is 0.256 e. The Morgan fingerprint density at radius 2 is 1.81 bits per heavy atom. The Bertz CT molecular complexity index is 1460. The Morgan fingerprint density at radius 1 is 1.09 bits per heavy atom. The van der Waals surface area contributed by atoms with E-state index in [1.165, 1.54) is 17.7 Å². The highest BCUT2D eigenvalue weighted by atomic mass is 19.1. The van der Waals surface area contributed by atoms with Gasteiger partial charge in [-0.1, -0.05) is 0 Å². The number of piperidine rings is 1. The lowest BCUT2D eigenvalue weighted by molar-refractivity contribution is -0.130. The van der Waals surface area contributed by atoms with Gasteiger partial charge in [-0.3, -0.25) is 14.6 Å². The summed E-state index contributed by atoms with van der Waals surface area (Å²) in [5, 5.41) is 11.2. The van der Waals surface area contributed by atoms with Gasteiger partial charge in [-0.15, -0.1) is 0 Å². The molecule has 2 aliphatic rings. The summed E-state index contributed by atoms with van der Waals surface area (Å²) in [6.45, 7) is 14.3. The lowest BCUT2D eigenvalue weighted by atomic mass is 9.96. The van der Waals surface area contributed by atoms with Gasteiger partial charge in [0.25, 0.3) is 5.91 Å². The number of benzene rings is 1. The molecule has 2 amide bonds. The molecule has 8 nitrogen and oxygen atoms in total. The minimum atomic E-state index is -0.700. The summed E-state index contributed by atoms with van der Waals surface area (Å²) in [5.74, 6) is 0.546. The van der Waals surface area contributed by atoms with Crippen molar-refractivity contribution in [1.29, 1.82) is 0 Å². The SMILES string of the molecule is CC(=O)N1CCC(CN2CC[C@@H](Cc3cn(-c4ccc(F)cc4C(=O)N(C[C@H](C)O)C(C)C)c4cncc(C)c34)C2)CC1. The molecule has 4 heterocycles. The van der Waals surface area contributed by atoms with Gasteiger partial charge in [0.1, 0.15) is 5.82 Å². The summed E-state index contributed by atoms with van der Waals surface area (Å²) < 4.78 is 16.6. The van der Waals surface area contributed by atoms with Crippen LogP contribution >= 0.6 is 0 Å². The number of nitrogens with zero attached hydrogens (tertiary/aromatic N) is 5. The van der Waals surface area contributed by atoms with E-state index in [9.17, 15) is 19.1 Å². The summed E-state index contributed by atoms with van der Waals surface area (Å²) >= 11 is 0. The van der Waals surface area contributed by atoms with Crippen LogP contribution in [0.15, 0.2) is 36.8 Å². The van der Waals surface area contributed by atoms with Gasteiger partial charge in [0, 0.05) is 63.5 Å². The van der Waals surface area contributed by atoms with Gasteiger partial charge in [-0.2, -0.15) is 0 Å². The molecule has 5 rings (SSSR count). The van der Waals surface area contributed by atoms with Gasteiger partial charge < -0.3 is 24.4 Å². The molecule has 0 aliphatic carbocycles. The van der Waals surface area contributed by atoms with Crippen LogP contribution in [0.4, 0.5) is 4.39 Å². The molecule has 43 heavy (non-hydrogen) atoms. The van der Waals surface area contributed by atoms with Crippen molar-refractivity contribution in [2.24, 2.45) is 11.8 Å². The molecule has 0 spiro atoms. The van der Waals surface area contributed by atoms with E-state index >= 15 is 0 Å². The maximum atomic E-state index is 14.6. The number of fused-ring (bicyclic) bond motifs is 1. The second-order valence-corrected chi connectivity index (χ2v) is 13.0. The predicted molar refractivity (Wildman–Crippen MR) is 167 cm³/mol. The van der Waals surface area contributed by atoms with E-state index in [2.05, 4.69) is 23.0 Å². The number of aromatic nitrogens is 2. The summed E-state index contributed by atoms with van der Waals surface area (Å²) in [5.41, 5.74) is 4.06. The zero-order chi connectivity index (χ0) is 30.8. The lowest BCUT2D eigenvalue weighted by Gasteiger charge is -2.33. The van der Waals surface area contributed by atoms with Crippen molar-refractivity contribution in [3.8, 4) is 5.69 Å². The zero-order valence-corrected chi connectivity index (χ0v) is 26.2. The van der Waals surface area contributed by atoms with Crippen molar-refractivity contribution < 1.29 is 19.1 Å². The normalized spacial score (nSPS) is 19.0. The second-order valence-electron chi connectivity index (χ2n) is 13.0. The third kappa shape index (κ3) is 6.93. The molecule has 1 aromatic carbocycles. The van der Waals surface area contributed by atoms with E-state index < -0.39 is 11.9 Å². The van der Waals surface area contributed by atoms with Crippen LogP contribution in [-0.2, 0) is 11.2 Å². The van der Waals surface area contributed by atoms with Crippen LogP contribution in [0.3, 0.4) is 0 Å². The number of halogens is 1. The van der Waals surface area contributed by atoms with E-state index in [-0.39, 0.29) is 30.0 Å². The third-order valence-electron chi connectivity index (χ3n) is 9.23. The van der Waals surface area contributed by atoms with Crippen molar-refractivity contribution in [2.45, 2.75) is 72.4 Å². The second kappa shape index (κ2) is 13.1. The maximum absolute atomic E-state index is 14.6. The number of hydrogen-bond donors (Lipinski definition) is 1. The van der Waals surface area contributed by atoms with E-state index in [1.54, 1.807) is 24.8 Å². The van der Waals surface area contributed by atoms with Gasteiger partial charge in [0.15, 0.2) is 0 Å². The molecule has 0 saturated carbocycles. The number of amides is 2. The highest BCUT2D eigenvalue weighted by Crippen LogP contribution is 2.33. The fourth-order valence-electron chi connectivity index (χ4n) is 7.00. The number of aryl methyl sites for hydroxylation is 1. The minimum absolute atomic E-state index is 0.161. The van der Waals surface area contributed by atoms with Crippen LogP contribution in [0.1, 0.15) is 68.4 Å². The first-order valence-electron chi connectivity index (χ1n) is 15.7. The number of aliphatic hydroxyl groups is 1. The molecule has 9 heteroatoms. The van der Waals surface area contributed by atoms with Gasteiger partial charge in [-0.25, -0.2) is 4.39 Å². The van der Waals surface area contributed by atoms with E-state index in [0.29, 0.717) is 17.5 Å². The third-order valence-corrected chi connectivity index (χ3v) is 9.23. The van der Waals surface area contributed by atoms with Crippen molar-refractivity contribution in [2.75, 3.05) is 39.3 Å². The molecular weight excluding hydrogens is 545 g/mol. The molecule has 2 aromatic heterocycles. The first-order valence-corrected chi connectivity index (χ1v) is 15.7. The summed E-state index contributed by atoms with van der Waals surface area (Å²) in [6, 6.07) is 4.21. The molecule has 0 bridgehead atoms.